The van der Waals surface area contributed by atoms with Gasteiger partial charge in [0.15, 0.2) is 5.82 Å². The van der Waals surface area contributed by atoms with Crippen LogP contribution in [0.15, 0.2) is 67.1 Å². The highest BCUT2D eigenvalue weighted by Crippen LogP contribution is 2.33. The Morgan fingerprint density at radius 3 is 2.56 bits per heavy atom. The summed E-state index contributed by atoms with van der Waals surface area (Å²) in [6.07, 6.45) is 5.07. The van der Waals surface area contributed by atoms with Gasteiger partial charge in [-0.1, -0.05) is 26.8 Å². The highest BCUT2D eigenvalue weighted by Gasteiger charge is 2.21. The number of carbonyl (C=O) groups is 1. The monoisotopic (exact) mass is 519 g/mol. The first-order chi connectivity index (χ1) is 18.7. The molecule has 0 saturated heterocycles. The van der Waals surface area contributed by atoms with Gasteiger partial charge < -0.3 is 10.3 Å². The van der Waals surface area contributed by atoms with E-state index in [4.69, 9.17) is 4.98 Å². The summed E-state index contributed by atoms with van der Waals surface area (Å²) in [4.78, 5) is 29.5. The maximum Gasteiger partial charge on any atom is 0.229 e. The number of aryl methyl sites for hydroxylation is 1. The fourth-order valence-corrected chi connectivity index (χ4v) is 4.49. The zero-order valence-corrected chi connectivity index (χ0v) is 21.9. The number of hydrogen-bond acceptors (Lipinski definition) is 5. The Morgan fingerprint density at radius 1 is 0.923 bits per heavy atom. The van der Waals surface area contributed by atoms with Gasteiger partial charge in [0, 0.05) is 34.3 Å². The molecule has 0 unspecified atom stereocenters. The van der Waals surface area contributed by atoms with Crippen LogP contribution < -0.4 is 5.32 Å². The summed E-state index contributed by atoms with van der Waals surface area (Å²) in [5.74, 6) is 0.170. The third-order valence-corrected chi connectivity index (χ3v) is 6.51. The van der Waals surface area contributed by atoms with Crippen LogP contribution in [0.2, 0.25) is 0 Å². The number of nitrogens with zero attached hydrogens (tertiary/aromatic N) is 4. The average molecular weight is 520 g/mol. The summed E-state index contributed by atoms with van der Waals surface area (Å²) in [6, 6.07) is 14.5. The summed E-state index contributed by atoms with van der Waals surface area (Å²) < 4.78 is 14.1. The highest BCUT2D eigenvalue weighted by atomic mass is 19.1. The van der Waals surface area contributed by atoms with Crippen molar-refractivity contribution in [3.63, 3.8) is 0 Å². The Bertz CT molecular complexity index is 1860. The number of amides is 1. The van der Waals surface area contributed by atoms with E-state index in [-0.39, 0.29) is 11.7 Å². The first-order valence-corrected chi connectivity index (χ1v) is 12.5. The van der Waals surface area contributed by atoms with Crippen LogP contribution in [0.4, 0.5) is 10.1 Å². The van der Waals surface area contributed by atoms with E-state index in [9.17, 15) is 9.18 Å². The topological polar surface area (TPSA) is 112 Å². The number of aromatic amines is 2. The maximum absolute atomic E-state index is 14.1. The third-order valence-electron chi connectivity index (χ3n) is 6.51. The van der Waals surface area contributed by atoms with E-state index in [2.05, 4.69) is 30.5 Å². The molecule has 6 rings (SSSR count). The molecule has 8 nitrogen and oxygen atoms in total. The van der Waals surface area contributed by atoms with Crippen LogP contribution in [0.3, 0.4) is 0 Å². The number of fused-ring (bicyclic) bond motifs is 2. The lowest BCUT2D eigenvalue weighted by atomic mass is 9.95. The second kappa shape index (κ2) is 9.13. The number of H-pyrrole nitrogens is 2. The maximum atomic E-state index is 14.1. The second-order valence-electron chi connectivity index (χ2n) is 10.7. The molecule has 4 heterocycles. The lowest BCUT2D eigenvalue weighted by Gasteiger charge is -2.17. The van der Waals surface area contributed by atoms with Crippen molar-refractivity contribution in [3.05, 3.63) is 78.5 Å². The minimum absolute atomic E-state index is 0.0823. The van der Waals surface area contributed by atoms with Crippen LogP contribution in [0.5, 0.6) is 0 Å². The van der Waals surface area contributed by atoms with E-state index in [1.165, 1.54) is 12.1 Å². The minimum atomic E-state index is -0.518. The molecule has 2 aromatic carbocycles. The number of carbonyl (C=O) groups excluding carboxylic acids is 1. The van der Waals surface area contributed by atoms with Crippen molar-refractivity contribution in [1.29, 1.82) is 0 Å². The van der Waals surface area contributed by atoms with Crippen molar-refractivity contribution in [2.75, 3.05) is 5.32 Å². The molecule has 9 heteroatoms. The van der Waals surface area contributed by atoms with Crippen LogP contribution in [0.1, 0.15) is 26.3 Å². The van der Waals surface area contributed by atoms with Gasteiger partial charge in [0.1, 0.15) is 17.0 Å². The van der Waals surface area contributed by atoms with Gasteiger partial charge in [-0.2, -0.15) is 5.10 Å². The smallest absolute Gasteiger partial charge is 0.229 e. The first kappa shape index (κ1) is 24.4. The molecule has 0 fully saturated rings. The largest absolute Gasteiger partial charge is 0.336 e. The van der Waals surface area contributed by atoms with E-state index in [1.54, 1.807) is 18.6 Å². The predicted octanol–water partition coefficient (Wildman–Crippen LogP) is 6.66. The van der Waals surface area contributed by atoms with E-state index in [0.717, 1.165) is 33.1 Å². The van der Waals surface area contributed by atoms with Crippen LogP contribution in [-0.4, -0.2) is 36.0 Å². The summed E-state index contributed by atoms with van der Waals surface area (Å²) >= 11 is 0. The van der Waals surface area contributed by atoms with Crippen molar-refractivity contribution < 1.29 is 9.18 Å². The molecule has 4 aromatic heterocycles. The number of aromatic nitrogens is 6. The fraction of sp³-hybridized carbons (Fsp3) is 0.167. The van der Waals surface area contributed by atoms with E-state index in [1.807, 2.05) is 64.1 Å². The highest BCUT2D eigenvalue weighted by molar-refractivity contribution is 5.98. The van der Waals surface area contributed by atoms with Gasteiger partial charge in [-0.15, -0.1) is 0 Å². The Balaban J connectivity index is 1.41. The van der Waals surface area contributed by atoms with Crippen molar-refractivity contribution in [2.24, 2.45) is 5.41 Å². The van der Waals surface area contributed by atoms with Gasteiger partial charge in [0.25, 0.3) is 0 Å². The minimum Gasteiger partial charge on any atom is -0.336 e. The molecule has 0 aliphatic heterocycles. The Kier molecular flexibility index (Phi) is 5.71. The fourth-order valence-electron chi connectivity index (χ4n) is 4.49. The van der Waals surface area contributed by atoms with Crippen LogP contribution in [-0.2, 0) is 4.79 Å². The standard InChI is InChI=1S/C30H26FN7O/c1-16-9-18(11-20(31)10-16)25-27-24(7-8-33-25)35-28(36-27)26-22-13-17(5-6-23(22)37-38-26)19-12-21(15-32-14-19)34-29(39)30(2,3)4/h5-15H,1-4H3,(H,34,39)(H,35,36)(H,37,38). The summed E-state index contributed by atoms with van der Waals surface area (Å²) in [5, 5.41) is 11.4. The Labute approximate surface area is 223 Å². The van der Waals surface area contributed by atoms with E-state index >= 15 is 0 Å². The van der Waals surface area contributed by atoms with Crippen molar-refractivity contribution in [2.45, 2.75) is 27.7 Å². The molecule has 3 N–H and O–H groups in total. The summed E-state index contributed by atoms with van der Waals surface area (Å²) in [5.41, 5.74) is 6.85. The molecule has 194 valence electrons. The van der Waals surface area contributed by atoms with Crippen molar-refractivity contribution in [1.82, 2.24) is 30.1 Å². The molecular weight excluding hydrogens is 493 g/mol. The van der Waals surface area contributed by atoms with Gasteiger partial charge in [0.2, 0.25) is 5.91 Å². The molecule has 0 bridgehead atoms. The molecule has 0 aliphatic rings. The Morgan fingerprint density at radius 2 is 1.77 bits per heavy atom. The van der Waals surface area contributed by atoms with Gasteiger partial charge in [0.05, 0.1) is 28.6 Å². The molecule has 0 radical (unpaired) electrons. The van der Waals surface area contributed by atoms with E-state index < -0.39 is 5.41 Å². The van der Waals surface area contributed by atoms with Crippen molar-refractivity contribution in [3.8, 4) is 33.9 Å². The van der Waals surface area contributed by atoms with Gasteiger partial charge in [-0.3, -0.25) is 19.9 Å². The number of imidazole rings is 1. The molecular formula is C30H26FN7O. The lowest BCUT2D eigenvalue weighted by molar-refractivity contribution is -0.123. The number of hydrogen-bond donors (Lipinski definition) is 3. The number of halogens is 1. The van der Waals surface area contributed by atoms with Crippen molar-refractivity contribution >= 4 is 33.5 Å². The normalized spacial score (nSPS) is 11.8. The summed E-state index contributed by atoms with van der Waals surface area (Å²) in [6.45, 7) is 7.44. The molecule has 0 atom stereocenters. The zero-order chi connectivity index (χ0) is 27.3. The first-order valence-electron chi connectivity index (χ1n) is 12.5. The van der Waals surface area contributed by atoms with Crippen LogP contribution in [0, 0.1) is 18.2 Å². The summed E-state index contributed by atoms with van der Waals surface area (Å²) in [7, 11) is 0. The number of benzene rings is 2. The van der Waals surface area contributed by atoms with Gasteiger partial charge >= 0.3 is 0 Å². The molecule has 1 amide bonds. The quantitative estimate of drug-likeness (QED) is 0.241. The zero-order valence-electron chi connectivity index (χ0n) is 21.9. The lowest BCUT2D eigenvalue weighted by Crippen LogP contribution is -2.27. The number of anilines is 1. The number of pyridine rings is 2. The predicted molar refractivity (Wildman–Crippen MR) is 150 cm³/mol. The second-order valence-corrected chi connectivity index (χ2v) is 10.7. The number of nitrogens with one attached hydrogen (secondary N) is 3. The molecule has 0 saturated carbocycles. The molecule has 39 heavy (non-hydrogen) atoms. The molecule has 6 aromatic rings. The van der Waals surface area contributed by atoms with E-state index in [0.29, 0.717) is 34.0 Å². The third kappa shape index (κ3) is 4.63. The van der Waals surface area contributed by atoms with Gasteiger partial charge in [-0.05, 0) is 60.5 Å². The molecule has 0 aliphatic carbocycles. The van der Waals surface area contributed by atoms with Gasteiger partial charge in [-0.25, -0.2) is 9.37 Å². The SMILES string of the molecule is Cc1cc(F)cc(-c2nccc3[nH]c(-c4n[nH]c5ccc(-c6cncc(NC(=O)C(C)(C)C)c6)cc45)nc23)c1. The number of rotatable bonds is 4. The molecule has 0 spiro atoms. The average Bonchev–Trinajstić information content (AvgIpc) is 3.51. The van der Waals surface area contributed by atoms with Crippen LogP contribution >= 0.6 is 0 Å². The van der Waals surface area contributed by atoms with Crippen LogP contribution in [0.25, 0.3) is 55.8 Å². The Hall–Kier alpha value is -4.92.